The number of nitrogens with two attached hydrogens (primary N) is 1. The largest absolute Gasteiger partial charge is 0.399 e. The summed E-state index contributed by atoms with van der Waals surface area (Å²) in [5, 5.41) is 7.85. The molecule has 0 bridgehead atoms. The van der Waals surface area contributed by atoms with Crippen LogP contribution in [0.1, 0.15) is 16.9 Å². The Hall–Kier alpha value is -2.08. The van der Waals surface area contributed by atoms with Gasteiger partial charge in [0.2, 0.25) is 0 Å². The highest BCUT2D eigenvalue weighted by Crippen LogP contribution is 2.22. The molecular formula is C14H19N5O. The van der Waals surface area contributed by atoms with Gasteiger partial charge in [-0.1, -0.05) is 0 Å². The van der Waals surface area contributed by atoms with Gasteiger partial charge in [-0.2, -0.15) is 5.10 Å². The van der Waals surface area contributed by atoms with Gasteiger partial charge in [-0.05, 0) is 38.7 Å². The minimum atomic E-state index is -0.0220. The molecule has 0 radical (unpaired) electrons. The molecule has 20 heavy (non-hydrogen) atoms. The number of likely N-dealkylation sites (tertiary alicyclic amines) is 1. The van der Waals surface area contributed by atoms with E-state index in [4.69, 9.17) is 5.73 Å². The van der Waals surface area contributed by atoms with Crippen LogP contribution in [0.2, 0.25) is 0 Å². The van der Waals surface area contributed by atoms with E-state index in [-0.39, 0.29) is 5.91 Å². The van der Waals surface area contributed by atoms with Crippen molar-refractivity contribution in [3.8, 4) is 0 Å². The Morgan fingerprint density at radius 2 is 2.30 bits per heavy atom. The molecule has 1 fully saturated rings. The molecule has 1 atom stereocenters. The number of nitrogens with zero attached hydrogens (tertiary/aromatic N) is 3. The number of rotatable bonds is 2. The zero-order valence-corrected chi connectivity index (χ0v) is 11.8. The van der Waals surface area contributed by atoms with E-state index in [9.17, 15) is 4.79 Å². The van der Waals surface area contributed by atoms with Crippen molar-refractivity contribution in [1.82, 2.24) is 20.0 Å². The molecule has 1 aliphatic rings. The summed E-state index contributed by atoms with van der Waals surface area (Å²) in [7, 11) is 4.09. The zero-order valence-electron chi connectivity index (χ0n) is 11.8. The van der Waals surface area contributed by atoms with Crippen LogP contribution in [0.25, 0.3) is 10.9 Å². The van der Waals surface area contributed by atoms with E-state index in [0.717, 1.165) is 30.4 Å². The number of likely N-dealkylation sites (N-methyl/N-ethyl adjacent to an activating group) is 1. The number of hydrogen-bond donors (Lipinski definition) is 2. The van der Waals surface area contributed by atoms with Gasteiger partial charge in [-0.25, -0.2) is 0 Å². The van der Waals surface area contributed by atoms with E-state index in [0.29, 0.717) is 17.4 Å². The first kappa shape index (κ1) is 12.9. The van der Waals surface area contributed by atoms with Crippen molar-refractivity contribution in [2.75, 3.05) is 32.9 Å². The summed E-state index contributed by atoms with van der Waals surface area (Å²) >= 11 is 0. The van der Waals surface area contributed by atoms with Crippen molar-refractivity contribution in [1.29, 1.82) is 0 Å². The van der Waals surface area contributed by atoms with Crippen LogP contribution < -0.4 is 5.73 Å². The number of benzene rings is 1. The number of amides is 1. The molecule has 1 aromatic heterocycles. The summed E-state index contributed by atoms with van der Waals surface area (Å²) in [5.74, 6) is -0.0220. The van der Waals surface area contributed by atoms with E-state index < -0.39 is 0 Å². The molecule has 1 unspecified atom stereocenters. The summed E-state index contributed by atoms with van der Waals surface area (Å²) in [6.45, 7) is 1.53. The zero-order chi connectivity index (χ0) is 14.3. The Morgan fingerprint density at radius 1 is 1.50 bits per heavy atom. The monoisotopic (exact) mass is 273 g/mol. The summed E-state index contributed by atoms with van der Waals surface area (Å²) in [6, 6.07) is 5.87. The fourth-order valence-electron chi connectivity index (χ4n) is 2.69. The van der Waals surface area contributed by atoms with E-state index in [1.54, 1.807) is 12.1 Å². The topological polar surface area (TPSA) is 78.2 Å². The molecule has 1 aromatic carbocycles. The van der Waals surface area contributed by atoms with Crippen molar-refractivity contribution >= 4 is 22.5 Å². The smallest absolute Gasteiger partial charge is 0.275 e. The SMILES string of the molecule is CN(C)C1CCN(C(=O)c2n[nH]c3ccc(N)cc23)C1. The van der Waals surface area contributed by atoms with Crippen molar-refractivity contribution < 1.29 is 4.79 Å². The van der Waals surface area contributed by atoms with E-state index in [1.807, 2.05) is 25.1 Å². The predicted molar refractivity (Wildman–Crippen MR) is 78.5 cm³/mol. The van der Waals surface area contributed by atoms with Gasteiger partial charge < -0.3 is 15.5 Å². The average Bonchev–Trinajstić information content (AvgIpc) is 3.04. The first-order valence-corrected chi connectivity index (χ1v) is 6.75. The van der Waals surface area contributed by atoms with Crippen LogP contribution in [0.4, 0.5) is 5.69 Å². The van der Waals surface area contributed by atoms with Crippen LogP contribution in [0.15, 0.2) is 18.2 Å². The first-order valence-electron chi connectivity index (χ1n) is 6.75. The average molecular weight is 273 g/mol. The summed E-state index contributed by atoms with van der Waals surface area (Å²) in [6.07, 6.45) is 1.00. The second-order valence-electron chi connectivity index (χ2n) is 5.53. The molecule has 6 heteroatoms. The van der Waals surface area contributed by atoms with Gasteiger partial charge >= 0.3 is 0 Å². The van der Waals surface area contributed by atoms with Gasteiger partial charge in [0.05, 0.1) is 5.52 Å². The van der Waals surface area contributed by atoms with Crippen molar-refractivity contribution in [3.63, 3.8) is 0 Å². The third kappa shape index (κ3) is 2.12. The van der Waals surface area contributed by atoms with Gasteiger partial charge in [0.25, 0.3) is 5.91 Å². The fourth-order valence-corrected chi connectivity index (χ4v) is 2.69. The Balaban J connectivity index is 1.88. The first-order chi connectivity index (χ1) is 9.56. The molecule has 0 saturated carbocycles. The van der Waals surface area contributed by atoms with Crippen LogP contribution in [-0.2, 0) is 0 Å². The highest BCUT2D eigenvalue weighted by atomic mass is 16.2. The van der Waals surface area contributed by atoms with Crippen molar-refractivity contribution in [2.45, 2.75) is 12.5 Å². The number of nitrogen functional groups attached to an aromatic ring is 1. The van der Waals surface area contributed by atoms with E-state index in [1.165, 1.54) is 0 Å². The number of carbonyl (C=O) groups is 1. The molecule has 2 aromatic rings. The van der Waals surface area contributed by atoms with Crippen LogP contribution in [0.5, 0.6) is 0 Å². The maximum absolute atomic E-state index is 12.6. The summed E-state index contributed by atoms with van der Waals surface area (Å²) in [4.78, 5) is 16.6. The maximum Gasteiger partial charge on any atom is 0.275 e. The van der Waals surface area contributed by atoms with E-state index in [2.05, 4.69) is 15.1 Å². The number of hydrogen-bond acceptors (Lipinski definition) is 4. The molecule has 1 aliphatic heterocycles. The second kappa shape index (κ2) is 4.79. The number of aromatic nitrogens is 2. The Morgan fingerprint density at radius 3 is 3.00 bits per heavy atom. The molecule has 1 amide bonds. The highest BCUT2D eigenvalue weighted by Gasteiger charge is 2.30. The van der Waals surface area contributed by atoms with Gasteiger partial charge in [-0.15, -0.1) is 0 Å². The van der Waals surface area contributed by atoms with Crippen LogP contribution in [0, 0.1) is 0 Å². The Kier molecular flexibility index (Phi) is 3.10. The minimum Gasteiger partial charge on any atom is -0.399 e. The molecule has 1 saturated heterocycles. The molecule has 3 N–H and O–H groups in total. The number of fused-ring (bicyclic) bond motifs is 1. The lowest BCUT2D eigenvalue weighted by atomic mass is 10.2. The van der Waals surface area contributed by atoms with Gasteiger partial charge in [0.15, 0.2) is 5.69 Å². The molecule has 2 heterocycles. The van der Waals surface area contributed by atoms with Crippen molar-refractivity contribution in [2.24, 2.45) is 0 Å². The quantitative estimate of drug-likeness (QED) is 0.798. The summed E-state index contributed by atoms with van der Waals surface area (Å²) < 4.78 is 0. The van der Waals surface area contributed by atoms with Crippen LogP contribution in [-0.4, -0.2) is 59.1 Å². The maximum atomic E-state index is 12.6. The molecule has 106 valence electrons. The Labute approximate surface area is 117 Å². The van der Waals surface area contributed by atoms with Gasteiger partial charge in [-0.3, -0.25) is 9.89 Å². The number of aromatic amines is 1. The lowest BCUT2D eigenvalue weighted by molar-refractivity contribution is 0.0779. The number of carbonyl (C=O) groups excluding carboxylic acids is 1. The molecule has 3 rings (SSSR count). The Bertz CT molecular complexity index is 648. The predicted octanol–water partition coefficient (Wildman–Crippen LogP) is 0.921. The van der Waals surface area contributed by atoms with Crippen LogP contribution >= 0.6 is 0 Å². The van der Waals surface area contributed by atoms with Crippen molar-refractivity contribution in [3.05, 3.63) is 23.9 Å². The number of nitrogens with one attached hydrogen (secondary N) is 1. The third-order valence-corrected chi connectivity index (χ3v) is 3.97. The lowest BCUT2D eigenvalue weighted by Crippen LogP contribution is -2.34. The van der Waals surface area contributed by atoms with Crippen LogP contribution in [0.3, 0.4) is 0 Å². The van der Waals surface area contributed by atoms with Gasteiger partial charge in [0.1, 0.15) is 0 Å². The van der Waals surface area contributed by atoms with E-state index >= 15 is 0 Å². The fraction of sp³-hybridized carbons (Fsp3) is 0.429. The normalized spacial score (nSPS) is 19.1. The number of anilines is 1. The summed E-state index contributed by atoms with van der Waals surface area (Å²) in [5.41, 5.74) is 7.74. The highest BCUT2D eigenvalue weighted by molar-refractivity contribution is 6.05. The minimum absolute atomic E-state index is 0.0220. The number of H-pyrrole nitrogens is 1. The third-order valence-electron chi connectivity index (χ3n) is 3.97. The molecular weight excluding hydrogens is 254 g/mol. The molecule has 0 aliphatic carbocycles. The molecule has 6 nitrogen and oxygen atoms in total. The standard InChI is InChI=1S/C14H19N5O/c1-18(2)10-5-6-19(8-10)14(20)13-11-7-9(15)3-4-12(11)16-17-13/h3-4,7,10H,5-6,8,15H2,1-2H3,(H,16,17). The lowest BCUT2D eigenvalue weighted by Gasteiger charge is -2.19. The molecule has 0 spiro atoms. The second-order valence-corrected chi connectivity index (χ2v) is 5.53. The van der Waals surface area contributed by atoms with Gasteiger partial charge in [0, 0.05) is 30.2 Å².